The van der Waals surface area contributed by atoms with Crippen LogP contribution in [0.4, 0.5) is 4.79 Å². The molecular formula is C11H18N2O5. The van der Waals surface area contributed by atoms with Gasteiger partial charge in [-0.15, -0.1) is 0 Å². The number of hydrogen-bond acceptors (Lipinski definition) is 3. The second-order valence-electron chi connectivity index (χ2n) is 4.65. The van der Waals surface area contributed by atoms with E-state index in [-0.39, 0.29) is 12.8 Å². The summed E-state index contributed by atoms with van der Waals surface area (Å²) in [5.41, 5.74) is 0. The molecule has 0 bridgehead atoms. The van der Waals surface area contributed by atoms with Crippen LogP contribution in [-0.2, 0) is 9.59 Å². The standard InChI is InChI=1S/C11H18N2O5/c1-6-4-7(6)5-12-11(18)13-8(10(16)17)2-3-9(14)15/h6-8H,2-5H2,1H3,(H,14,15)(H,16,17)(H2,12,13,18)/t6?,7?,8-/m0/s1. The lowest BCUT2D eigenvalue weighted by molar-refractivity contribution is -0.140. The van der Waals surface area contributed by atoms with Crippen molar-refractivity contribution in [1.82, 2.24) is 10.6 Å². The summed E-state index contributed by atoms with van der Waals surface area (Å²) in [6, 6.07) is -1.73. The molecule has 7 heteroatoms. The molecule has 2 amide bonds. The minimum atomic E-state index is -1.23. The van der Waals surface area contributed by atoms with Gasteiger partial charge in [0.15, 0.2) is 0 Å². The topological polar surface area (TPSA) is 116 Å². The number of carbonyl (C=O) groups is 3. The Morgan fingerprint density at radius 3 is 2.39 bits per heavy atom. The molecule has 0 radical (unpaired) electrons. The van der Waals surface area contributed by atoms with Crippen LogP contribution >= 0.6 is 0 Å². The predicted molar refractivity (Wildman–Crippen MR) is 62.1 cm³/mol. The lowest BCUT2D eigenvalue weighted by atomic mass is 10.1. The second-order valence-corrected chi connectivity index (χ2v) is 4.65. The maximum atomic E-state index is 11.4. The molecule has 0 saturated heterocycles. The molecule has 0 aromatic heterocycles. The van der Waals surface area contributed by atoms with Crippen LogP contribution in [0.2, 0.25) is 0 Å². The number of aliphatic carboxylic acids is 2. The maximum Gasteiger partial charge on any atom is 0.326 e. The van der Waals surface area contributed by atoms with Gasteiger partial charge >= 0.3 is 18.0 Å². The van der Waals surface area contributed by atoms with Crippen molar-refractivity contribution in [3.8, 4) is 0 Å². The van der Waals surface area contributed by atoms with Gasteiger partial charge in [0, 0.05) is 13.0 Å². The van der Waals surface area contributed by atoms with E-state index in [2.05, 4.69) is 17.6 Å². The summed E-state index contributed by atoms with van der Waals surface area (Å²) in [6.07, 6.45) is 0.649. The van der Waals surface area contributed by atoms with Crippen LogP contribution < -0.4 is 10.6 Å². The summed E-state index contributed by atoms with van der Waals surface area (Å²) in [5, 5.41) is 22.1. The lowest BCUT2D eigenvalue weighted by Crippen LogP contribution is -2.46. The molecule has 1 aliphatic carbocycles. The molecule has 1 fully saturated rings. The third kappa shape index (κ3) is 5.03. The summed E-state index contributed by atoms with van der Waals surface area (Å²) >= 11 is 0. The van der Waals surface area contributed by atoms with Gasteiger partial charge in [-0.2, -0.15) is 0 Å². The van der Waals surface area contributed by atoms with Crippen LogP contribution in [0.25, 0.3) is 0 Å². The fourth-order valence-electron chi connectivity index (χ4n) is 1.64. The van der Waals surface area contributed by atoms with Crippen LogP contribution in [0.1, 0.15) is 26.2 Å². The minimum absolute atomic E-state index is 0.127. The molecule has 1 rings (SSSR count). The van der Waals surface area contributed by atoms with E-state index in [1.165, 1.54) is 0 Å². The van der Waals surface area contributed by atoms with E-state index in [0.717, 1.165) is 6.42 Å². The molecule has 7 nitrogen and oxygen atoms in total. The van der Waals surface area contributed by atoms with Gasteiger partial charge in [-0.05, 0) is 24.7 Å². The van der Waals surface area contributed by atoms with Gasteiger partial charge in [0.1, 0.15) is 6.04 Å². The van der Waals surface area contributed by atoms with Crippen molar-refractivity contribution in [2.75, 3.05) is 6.54 Å². The fourth-order valence-corrected chi connectivity index (χ4v) is 1.64. The van der Waals surface area contributed by atoms with Crippen LogP contribution in [0.5, 0.6) is 0 Å². The van der Waals surface area contributed by atoms with Crippen LogP contribution in [-0.4, -0.2) is 40.8 Å². The first-order chi connectivity index (χ1) is 8.40. The molecule has 1 saturated carbocycles. The Labute approximate surface area is 105 Å². The van der Waals surface area contributed by atoms with E-state index in [9.17, 15) is 14.4 Å². The molecule has 2 unspecified atom stereocenters. The third-order valence-electron chi connectivity index (χ3n) is 3.05. The quantitative estimate of drug-likeness (QED) is 0.522. The number of rotatable bonds is 7. The zero-order valence-corrected chi connectivity index (χ0v) is 10.2. The molecule has 0 aromatic rings. The Morgan fingerprint density at radius 2 is 1.94 bits per heavy atom. The summed E-state index contributed by atoms with van der Waals surface area (Å²) in [7, 11) is 0. The lowest BCUT2D eigenvalue weighted by Gasteiger charge is -2.14. The molecular weight excluding hydrogens is 240 g/mol. The maximum absolute atomic E-state index is 11.4. The van der Waals surface area contributed by atoms with Crippen molar-refractivity contribution in [3.05, 3.63) is 0 Å². The highest BCUT2D eigenvalue weighted by atomic mass is 16.4. The first-order valence-corrected chi connectivity index (χ1v) is 5.89. The van der Waals surface area contributed by atoms with E-state index < -0.39 is 24.0 Å². The predicted octanol–water partition coefficient (Wildman–Crippen LogP) is 0.260. The summed E-state index contributed by atoms with van der Waals surface area (Å²) in [5.74, 6) is -1.24. The SMILES string of the molecule is CC1CC1CNC(=O)N[C@@H](CCC(=O)O)C(=O)O. The zero-order valence-electron chi connectivity index (χ0n) is 10.2. The molecule has 0 aromatic carbocycles. The number of carbonyl (C=O) groups excluding carboxylic acids is 1. The number of amides is 2. The molecule has 102 valence electrons. The minimum Gasteiger partial charge on any atom is -0.481 e. The molecule has 4 N–H and O–H groups in total. The molecule has 18 heavy (non-hydrogen) atoms. The summed E-state index contributed by atoms with van der Waals surface area (Å²) in [6.45, 7) is 2.61. The summed E-state index contributed by atoms with van der Waals surface area (Å²) < 4.78 is 0. The average Bonchev–Trinajstić information content (AvgIpc) is 2.97. The number of hydrogen-bond donors (Lipinski definition) is 4. The van der Waals surface area contributed by atoms with Crippen LogP contribution in [0.15, 0.2) is 0 Å². The van der Waals surface area contributed by atoms with Gasteiger partial charge in [0.2, 0.25) is 0 Å². The van der Waals surface area contributed by atoms with Gasteiger partial charge in [-0.25, -0.2) is 9.59 Å². The number of carboxylic acid groups (broad SMARTS) is 2. The molecule has 0 heterocycles. The Kier molecular flexibility index (Phi) is 4.94. The summed E-state index contributed by atoms with van der Waals surface area (Å²) in [4.78, 5) is 32.6. The van der Waals surface area contributed by atoms with Crippen molar-refractivity contribution in [2.24, 2.45) is 11.8 Å². The van der Waals surface area contributed by atoms with E-state index in [0.29, 0.717) is 18.4 Å². The van der Waals surface area contributed by atoms with Gasteiger partial charge in [0.25, 0.3) is 0 Å². The largest absolute Gasteiger partial charge is 0.481 e. The molecule has 0 spiro atoms. The van der Waals surface area contributed by atoms with E-state index >= 15 is 0 Å². The first kappa shape index (κ1) is 14.3. The number of nitrogens with one attached hydrogen (secondary N) is 2. The average molecular weight is 258 g/mol. The number of carboxylic acids is 2. The first-order valence-electron chi connectivity index (χ1n) is 5.89. The Hall–Kier alpha value is -1.79. The van der Waals surface area contributed by atoms with Gasteiger partial charge in [-0.1, -0.05) is 6.92 Å². The van der Waals surface area contributed by atoms with Gasteiger partial charge in [0.05, 0.1) is 0 Å². The zero-order chi connectivity index (χ0) is 13.7. The monoisotopic (exact) mass is 258 g/mol. The molecule has 0 aliphatic heterocycles. The van der Waals surface area contributed by atoms with Crippen LogP contribution in [0.3, 0.4) is 0 Å². The molecule has 1 aliphatic rings. The van der Waals surface area contributed by atoms with E-state index in [4.69, 9.17) is 10.2 Å². The highest BCUT2D eigenvalue weighted by Crippen LogP contribution is 2.36. The van der Waals surface area contributed by atoms with Crippen molar-refractivity contribution >= 4 is 18.0 Å². The third-order valence-corrected chi connectivity index (χ3v) is 3.05. The van der Waals surface area contributed by atoms with Gasteiger partial charge in [-0.3, -0.25) is 4.79 Å². The highest BCUT2D eigenvalue weighted by Gasteiger charge is 2.32. The van der Waals surface area contributed by atoms with E-state index in [1.54, 1.807) is 0 Å². The fraction of sp³-hybridized carbons (Fsp3) is 0.727. The van der Waals surface area contributed by atoms with Crippen molar-refractivity contribution < 1.29 is 24.6 Å². The normalized spacial score (nSPS) is 22.9. The Balaban J connectivity index is 2.28. The Morgan fingerprint density at radius 1 is 1.33 bits per heavy atom. The number of urea groups is 1. The van der Waals surface area contributed by atoms with Crippen molar-refractivity contribution in [2.45, 2.75) is 32.2 Å². The smallest absolute Gasteiger partial charge is 0.326 e. The van der Waals surface area contributed by atoms with Crippen molar-refractivity contribution in [1.29, 1.82) is 0 Å². The van der Waals surface area contributed by atoms with Crippen molar-refractivity contribution in [3.63, 3.8) is 0 Å². The van der Waals surface area contributed by atoms with E-state index in [1.807, 2.05) is 0 Å². The second kappa shape index (κ2) is 6.23. The highest BCUT2D eigenvalue weighted by molar-refractivity contribution is 5.83. The Bertz CT molecular complexity index is 344. The van der Waals surface area contributed by atoms with Crippen LogP contribution in [0, 0.1) is 11.8 Å². The molecule has 3 atom stereocenters. The van der Waals surface area contributed by atoms with Gasteiger partial charge < -0.3 is 20.8 Å².